The lowest BCUT2D eigenvalue weighted by Gasteiger charge is -2.29. The summed E-state index contributed by atoms with van der Waals surface area (Å²) < 4.78 is 22.1. The zero-order valence-electron chi connectivity index (χ0n) is 22.3. The fourth-order valence-electron chi connectivity index (χ4n) is 4.91. The molecule has 0 saturated carbocycles. The number of rotatable bonds is 11. The molecular formula is C29H36N2O7. The van der Waals surface area contributed by atoms with Crippen molar-refractivity contribution in [2.24, 2.45) is 0 Å². The summed E-state index contributed by atoms with van der Waals surface area (Å²) in [4.78, 5) is 30.5. The number of amides is 1. The van der Waals surface area contributed by atoms with Gasteiger partial charge in [0.2, 0.25) is 0 Å². The van der Waals surface area contributed by atoms with Crippen molar-refractivity contribution < 1.29 is 33.6 Å². The van der Waals surface area contributed by atoms with Gasteiger partial charge in [-0.15, -0.1) is 0 Å². The van der Waals surface area contributed by atoms with E-state index in [9.17, 15) is 14.7 Å². The van der Waals surface area contributed by atoms with E-state index >= 15 is 0 Å². The Morgan fingerprint density at radius 3 is 2.34 bits per heavy atom. The van der Waals surface area contributed by atoms with Gasteiger partial charge in [0, 0.05) is 31.7 Å². The Balaban J connectivity index is 1.71. The summed E-state index contributed by atoms with van der Waals surface area (Å²) >= 11 is 0. The minimum atomic E-state index is -0.768. The first-order valence-electron chi connectivity index (χ1n) is 13.1. The van der Waals surface area contributed by atoms with E-state index in [-0.39, 0.29) is 11.3 Å². The summed E-state index contributed by atoms with van der Waals surface area (Å²) in [5, 5.41) is 11.3. The number of benzene rings is 2. The van der Waals surface area contributed by atoms with Crippen LogP contribution in [0.4, 0.5) is 0 Å². The van der Waals surface area contributed by atoms with E-state index in [0.29, 0.717) is 67.8 Å². The molecule has 0 unspecified atom stereocenters. The maximum atomic E-state index is 13.4. The van der Waals surface area contributed by atoms with Crippen LogP contribution in [0.3, 0.4) is 0 Å². The second-order valence-electron chi connectivity index (χ2n) is 9.10. The highest BCUT2D eigenvalue weighted by molar-refractivity contribution is 6.46. The van der Waals surface area contributed by atoms with Crippen LogP contribution in [0.1, 0.15) is 37.4 Å². The lowest BCUT2D eigenvalue weighted by Crippen LogP contribution is -2.39. The van der Waals surface area contributed by atoms with Crippen LogP contribution in [0, 0.1) is 0 Å². The molecule has 2 aliphatic heterocycles. The molecule has 1 amide bonds. The predicted molar refractivity (Wildman–Crippen MR) is 143 cm³/mol. The number of aliphatic hydroxyl groups excluding tert-OH is 1. The summed E-state index contributed by atoms with van der Waals surface area (Å²) in [6.45, 7) is 8.97. The molecule has 204 valence electrons. The normalized spacial score (nSPS) is 19.6. The zero-order valence-corrected chi connectivity index (χ0v) is 22.3. The van der Waals surface area contributed by atoms with E-state index in [2.05, 4.69) is 4.90 Å². The Labute approximate surface area is 223 Å². The first kappa shape index (κ1) is 27.5. The SMILES string of the molecule is CCOc1ccc(C(O)=C2C(=O)C(=O)N(CCCN3CCOCC3)[C@H]2c2ccc(OCC)c(OC)c2)cc1. The van der Waals surface area contributed by atoms with Crippen molar-refractivity contribution in [2.75, 3.05) is 59.7 Å². The van der Waals surface area contributed by atoms with Crippen LogP contribution in [0.2, 0.25) is 0 Å². The largest absolute Gasteiger partial charge is 0.507 e. The van der Waals surface area contributed by atoms with Crippen LogP contribution >= 0.6 is 0 Å². The average molecular weight is 525 g/mol. The van der Waals surface area contributed by atoms with Crippen LogP contribution in [0.15, 0.2) is 48.0 Å². The molecule has 0 bridgehead atoms. The molecule has 0 radical (unpaired) electrons. The van der Waals surface area contributed by atoms with Crippen molar-refractivity contribution in [1.29, 1.82) is 0 Å². The first-order chi connectivity index (χ1) is 18.5. The molecule has 2 aliphatic rings. The number of hydrogen-bond acceptors (Lipinski definition) is 8. The molecule has 2 aromatic carbocycles. The highest BCUT2D eigenvalue weighted by Crippen LogP contribution is 2.42. The van der Waals surface area contributed by atoms with Crippen molar-refractivity contribution in [3.63, 3.8) is 0 Å². The third-order valence-electron chi connectivity index (χ3n) is 6.76. The van der Waals surface area contributed by atoms with Crippen molar-refractivity contribution in [2.45, 2.75) is 26.3 Å². The summed E-state index contributed by atoms with van der Waals surface area (Å²) in [6, 6.07) is 11.4. The van der Waals surface area contributed by atoms with Crippen LogP contribution in [-0.4, -0.2) is 86.3 Å². The third kappa shape index (κ3) is 5.95. The number of carbonyl (C=O) groups is 2. The van der Waals surface area contributed by atoms with E-state index in [1.54, 1.807) is 48.4 Å². The van der Waals surface area contributed by atoms with Gasteiger partial charge in [-0.25, -0.2) is 0 Å². The van der Waals surface area contributed by atoms with Crippen LogP contribution < -0.4 is 14.2 Å². The number of nitrogens with zero attached hydrogens (tertiary/aromatic N) is 2. The lowest BCUT2D eigenvalue weighted by molar-refractivity contribution is -0.140. The summed E-state index contributed by atoms with van der Waals surface area (Å²) in [5.74, 6) is 0.150. The summed E-state index contributed by atoms with van der Waals surface area (Å²) in [7, 11) is 1.54. The predicted octanol–water partition coefficient (Wildman–Crippen LogP) is 3.64. The van der Waals surface area contributed by atoms with Crippen molar-refractivity contribution in [3.05, 3.63) is 59.2 Å². The molecule has 9 heteroatoms. The Bertz CT molecular complexity index is 1160. The molecule has 1 N–H and O–H groups in total. The molecular weight excluding hydrogens is 488 g/mol. The number of methoxy groups -OCH3 is 1. The Morgan fingerprint density at radius 2 is 1.68 bits per heavy atom. The monoisotopic (exact) mass is 524 g/mol. The topological polar surface area (TPSA) is 97.8 Å². The number of ether oxygens (including phenoxy) is 4. The number of aliphatic hydroxyl groups is 1. The minimum absolute atomic E-state index is 0.0525. The summed E-state index contributed by atoms with van der Waals surface area (Å²) in [5.41, 5.74) is 1.14. The van der Waals surface area contributed by atoms with Crippen LogP contribution in [-0.2, 0) is 14.3 Å². The van der Waals surface area contributed by atoms with Gasteiger partial charge in [-0.2, -0.15) is 0 Å². The number of ketones is 1. The molecule has 0 spiro atoms. The number of carbonyl (C=O) groups excluding carboxylic acids is 2. The van der Waals surface area contributed by atoms with E-state index in [0.717, 1.165) is 19.6 Å². The molecule has 2 saturated heterocycles. The van der Waals surface area contributed by atoms with E-state index in [1.165, 1.54) is 0 Å². The van der Waals surface area contributed by atoms with Crippen molar-refractivity contribution >= 4 is 17.4 Å². The number of Topliss-reactive ketones (excluding diaryl/α,β-unsaturated/α-hetero) is 1. The quantitative estimate of drug-likeness (QED) is 0.270. The van der Waals surface area contributed by atoms with Gasteiger partial charge in [0.1, 0.15) is 11.5 Å². The number of morpholine rings is 1. The highest BCUT2D eigenvalue weighted by atomic mass is 16.5. The maximum absolute atomic E-state index is 13.4. The van der Waals surface area contributed by atoms with Gasteiger partial charge in [0.05, 0.1) is 45.2 Å². The standard InChI is InChI=1S/C29H36N2O7/c1-4-37-22-10-7-20(8-11-22)27(32)25-26(21-9-12-23(38-5-2)24(19-21)35-3)31(29(34)28(25)33)14-6-13-30-15-17-36-18-16-30/h7-12,19,26,32H,4-6,13-18H2,1-3H3/t26-/m0/s1. The smallest absolute Gasteiger partial charge is 0.295 e. The van der Waals surface area contributed by atoms with Crippen LogP contribution in [0.25, 0.3) is 5.76 Å². The molecule has 0 aromatic heterocycles. The van der Waals surface area contributed by atoms with Crippen LogP contribution in [0.5, 0.6) is 17.2 Å². The molecule has 1 atom stereocenters. The number of likely N-dealkylation sites (tertiary alicyclic amines) is 1. The fourth-order valence-corrected chi connectivity index (χ4v) is 4.91. The number of hydrogen-bond donors (Lipinski definition) is 1. The van der Waals surface area contributed by atoms with Gasteiger partial charge in [0.25, 0.3) is 11.7 Å². The maximum Gasteiger partial charge on any atom is 0.295 e. The molecule has 38 heavy (non-hydrogen) atoms. The Morgan fingerprint density at radius 1 is 0.974 bits per heavy atom. The summed E-state index contributed by atoms with van der Waals surface area (Å²) in [6.07, 6.45) is 0.681. The van der Waals surface area contributed by atoms with Gasteiger partial charge in [-0.1, -0.05) is 6.07 Å². The van der Waals surface area contributed by atoms with Gasteiger partial charge in [-0.3, -0.25) is 14.5 Å². The molecule has 4 rings (SSSR count). The minimum Gasteiger partial charge on any atom is -0.507 e. The lowest BCUT2D eigenvalue weighted by atomic mass is 9.95. The zero-order chi connectivity index (χ0) is 27.1. The third-order valence-corrected chi connectivity index (χ3v) is 6.76. The molecule has 2 fully saturated rings. The Hall–Kier alpha value is -3.56. The van der Waals surface area contributed by atoms with Gasteiger partial charge >= 0.3 is 0 Å². The van der Waals surface area contributed by atoms with E-state index < -0.39 is 17.7 Å². The Kier molecular flexibility index (Phi) is 9.25. The highest BCUT2D eigenvalue weighted by Gasteiger charge is 2.46. The fraction of sp³-hybridized carbons (Fsp3) is 0.448. The van der Waals surface area contributed by atoms with Crippen molar-refractivity contribution in [1.82, 2.24) is 9.80 Å². The first-order valence-corrected chi connectivity index (χ1v) is 13.1. The van der Waals surface area contributed by atoms with Gasteiger partial charge < -0.3 is 29.0 Å². The molecule has 9 nitrogen and oxygen atoms in total. The van der Waals surface area contributed by atoms with E-state index in [1.807, 2.05) is 19.9 Å². The average Bonchev–Trinajstić information content (AvgIpc) is 3.19. The van der Waals surface area contributed by atoms with Gasteiger partial charge in [0.15, 0.2) is 11.5 Å². The molecule has 2 aromatic rings. The molecule has 0 aliphatic carbocycles. The second-order valence-corrected chi connectivity index (χ2v) is 9.10. The van der Waals surface area contributed by atoms with Crippen molar-refractivity contribution in [3.8, 4) is 17.2 Å². The van der Waals surface area contributed by atoms with Gasteiger partial charge in [-0.05, 0) is 62.2 Å². The second kappa shape index (κ2) is 12.8. The van der Waals surface area contributed by atoms with E-state index in [4.69, 9.17) is 18.9 Å². The molecule has 2 heterocycles.